The normalized spacial score (nSPS) is 12.4. The standard InChI is InChI=1S/C24H26N4O4S2/c1-4-28-21-9-6-5-8-20(21)26-24(28)17(2)25-22(29)16-32-19-13-11-18(12-14-19)27(3)34(30,31)23-10-7-15-33-23/h5-15,17H,4,16H2,1-3H3,(H,25,29). The number of sulfonamides is 1. The van der Waals surface area contributed by atoms with E-state index in [0.29, 0.717) is 11.4 Å². The minimum absolute atomic E-state index is 0.167. The van der Waals surface area contributed by atoms with E-state index < -0.39 is 10.0 Å². The second-order valence-corrected chi connectivity index (χ2v) is 10.8. The maximum absolute atomic E-state index is 12.7. The first kappa shape index (κ1) is 23.8. The maximum Gasteiger partial charge on any atom is 0.273 e. The number of para-hydroxylation sites is 2. The molecule has 4 aromatic rings. The summed E-state index contributed by atoms with van der Waals surface area (Å²) in [6.45, 7) is 4.51. The molecule has 1 atom stereocenters. The van der Waals surface area contributed by atoms with Gasteiger partial charge in [-0.2, -0.15) is 0 Å². The Bertz CT molecular complexity index is 1380. The average molecular weight is 499 g/mol. The largest absolute Gasteiger partial charge is 0.484 e. The summed E-state index contributed by atoms with van der Waals surface area (Å²) >= 11 is 1.17. The third-order valence-electron chi connectivity index (χ3n) is 5.45. The Kier molecular flexibility index (Phi) is 6.90. The van der Waals surface area contributed by atoms with Crippen LogP contribution in [0.2, 0.25) is 0 Å². The second-order valence-electron chi connectivity index (χ2n) is 7.68. The van der Waals surface area contributed by atoms with Gasteiger partial charge in [-0.25, -0.2) is 13.4 Å². The number of amides is 1. The lowest BCUT2D eigenvalue weighted by Gasteiger charge is -2.19. The number of imidazole rings is 1. The van der Waals surface area contributed by atoms with Crippen molar-refractivity contribution >= 4 is 44.0 Å². The molecule has 0 bridgehead atoms. The Labute approximate surface area is 202 Å². The summed E-state index contributed by atoms with van der Waals surface area (Å²) in [5.41, 5.74) is 2.42. The van der Waals surface area contributed by atoms with Gasteiger partial charge < -0.3 is 14.6 Å². The van der Waals surface area contributed by atoms with E-state index in [1.54, 1.807) is 41.8 Å². The zero-order chi connectivity index (χ0) is 24.3. The number of aromatic nitrogens is 2. The molecule has 10 heteroatoms. The fourth-order valence-corrected chi connectivity index (χ4v) is 6.05. The molecule has 0 fully saturated rings. The maximum atomic E-state index is 12.7. The summed E-state index contributed by atoms with van der Waals surface area (Å²) in [7, 11) is -2.10. The smallest absolute Gasteiger partial charge is 0.273 e. The lowest BCUT2D eigenvalue weighted by Crippen LogP contribution is -2.32. The lowest BCUT2D eigenvalue weighted by molar-refractivity contribution is -0.123. The topological polar surface area (TPSA) is 93.5 Å². The molecule has 1 N–H and O–H groups in total. The Hall–Kier alpha value is -3.37. The van der Waals surface area contributed by atoms with E-state index in [1.807, 2.05) is 38.1 Å². The number of benzene rings is 2. The highest BCUT2D eigenvalue weighted by atomic mass is 32.2. The average Bonchev–Trinajstić information content (AvgIpc) is 3.51. The van der Waals surface area contributed by atoms with Crippen LogP contribution in [0.15, 0.2) is 70.3 Å². The zero-order valence-corrected chi connectivity index (χ0v) is 20.8. The molecular weight excluding hydrogens is 472 g/mol. The first-order valence-corrected chi connectivity index (χ1v) is 13.1. The Morgan fingerprint density at radius 3 is 2.56 bits per heavy atom. The van der Waals surface area contributed by atoms with E-state index in [2.05, 4.69) is 14.9 Å². The second kappa shape index (κ2) is 9.86. The molecule has 34 heavy (non-hydrogen) atoms. The van der Waals surface area contributed by atoms with E-state index in [-0.39, 0.29) is 22.8 Å². The minimum Gasteiger partial charge on any atom is -0.484 e. The van der Waals surface area contributed by atoms with Gasteiger partial charge in [0, 0.05) is 13.6 Å². The van der Waals surface area contributed by atoms with Gasteiger partial charge in [-0.1, -0.05) is 18.2 Å². The molecule has 0 saturated carbocycles. The first-order chi connectivity index (χ1) is 16.3. The quantitative estimate of drug-likeness (QED) is 0.373. The van der Waals surface area contributed by atoms with Crippen molar-refractivity contribution < 1.29 is 17.9 Å². The number of anilines is 1. The monoisotopic (exact) mass is 498 g/mol. The van der Waals surface area contributed by atoms with E-state index in [1.165, 1.54) is 22.7 Å². The third-order valence-corrected chi connectivity index (χ3v) is 8.60. The van der Waals surface area contributed by atoms with Crippen molar-refractivity contribution in [2.75, 3.05) is 18.0 Å². The molecule has 178 valence electrons. The van der Waals surface area contributed by atoms with Gasteiger partial charge in [-0.05, 0) is 61.7 Å². The molecule has 0 aliphatic heterocycles. The van der Waals surface area contributed by atoms with Crippen molar-refractivity contribution in [3.8, 4) is 5.75 Å². The summed E-state index contributed by atoms with van der Waals surface area (Å²) in [6, 6.07) is 17.4. The Balaban J connectivity index is 1.36. The molecule has 1 unspecified atom stereocenters. The molecule has 0 aliphatic carbocycles. The van der Waals surface area contributed by atoms with Crippen molar-refractivity contribution in [3.05, 3.63) is 71.9 Å². The SMILES string of the molecule is CCn1c(C(C)NC(=O)COc2ccc(N(C)S(=O)(=O)c3cccs3)cc2)nc2ccccc21. The van der Waals surface area contributed by atoms with Crippen LogP contribution in [0.4, 0.5) is 5.69 Å². The molecule has 0 aliphatic rings. The molecule has 2 heterocycles. The van der Waals surface area contributed by atoms with Crippen LogP contribution in [0.1, 0.15) is 25.7 Å². The number of nitrogens with zero attached hydrogens (tertiary/aromatic N) is 3. The summed E-state index contributed by atoms with van der Waals surface area (Å²) in [5, 5.41) is 4.66. The van der Waals surface area contributed by atoms with E-state index in [0.717, 1.165) is 23.4 Å². The highest BCUT2D eigenvalue weighted by molar-refractivity contribution is 7.94. The summed E-state index contributed by atoms with van der Waals surface area (Å²) in [5.74, 6) is 0.981. The predicted octanol–water partition coefficient (Wildman–Crippen LogP) is 4.20. The number of carbonyl (C=O) groups is 1. The van der Waals surface area contributed by atoms with Crippen LogP contribution in [0.3, 0.4) is 0 Å². The van der Waals surface area contributed by atoms with Gasteiger partial charge in [0.25, 0.3) is 15.9 Å². The van der Waals surface area contributed by atoms with E-state index in [4.69, 9.17) is 4.74 Å². The van der Waals surface area contributed by atoms with Crippen molar-refractivity contribution in [2.45, 2.75) is 30.6 Å². The fourth-order valence-electron chi connectivity index (χ4n) is 3.69. The van der Waals surface area contributed by atoms with Gasteiger partial charge in [-0.3, -0.25) is 9.10 Å². The van der Waals surface area contributed by atoms with Crippen molar-refractivity contribution in [1.82, 2.24) is 14.9 Å². The van der Waals surface area contributed by atoms with Gasteiger partial charge in [0.05, 0.1) is 22.8 Å². The van der Waals surface area contributed by atoms with Gasteiger partial charge in [0.2, 0.25) is 0 Å². The van der Waals surface area contributed by atoms with Gasteiger partial charge >= 0.3 is 0 Å². The fraction of sp³-hybridized carbons (Fsp3) is 0.250. The Morgan fingerprint density at radius 2 is 1.88 bits per heavy atom. The number of ether oxygens (including phenoxy) is 1. The van der Waals surface area contributed by atoms with Crippen LogP contribution in [-0.2, 0) is 21.4 Å². The van der Waals surface area contributed by atoms with Crippen LogP contribution in [0.25, 0.3) is 11.0 Å². The molecule has 2 aromatic carbocycles. The molecule has 2 aromatic heterocycles. The summed E-state index contributed by atoms with van der Waals surface area (Å²) < 4.78 is 34.5. The van der Waals surface area contributed by atoms with Gasteiger partial charge in [-0.15, -0.1) is 11.3 Å². The third kappa shape index (κ3) is 4.78. The van der Waals surface area contributed by atoms with Crippen molar-refractivity contribution in [1.29, 1.82) is 0 Å². The molecule has 8 nitrogen and oxygen atoms in total. The zero-order valence-electron chi connectivity index (χ0n) is 19.1. The van der Waals surface area contributed by atoms with Gasteiger partial charge in [0.15, 0.2) is 6.61 Å². The number of hydrogen-bond donors (Lipinski definition) is 1. The van der Waals surface area contributed by atoms with Crippen LogP contribution in [-0.4, -0.2) is 37.5 Å². The highest BCUT2D eigenvalue weighted by Gasteiger charge is 2.22. The van der Waals surface area contributed by atoms with Crippen LogP contribution < -0.4 is 14.4 Å². The Morgan fingerprint density at radius 1 is 1.15 bits per heavy atom. The summed E-state index contributed by atoms with van der Waals surface area (Å²) in [6.07, 6.45) is 0. The number of thiophene rings is 1. The van der Waals surface area contributed by atoms with E-state index >= 15 is 0 Å². The van der Waals surface area contributed by atoms with Crippen LogP contribution in [0, 0.1) is 0 Å². The van der Waals surface area contributed by atoms with E-state index in [9.17, 15) is 13.2 Å². The summed E-state index contributed by atoms with van der Waals surface area (Å²) in [4.78, 5) is 17.2. The number of fused-ring (bicyclic) bond motifs is 1. The highest BCUT2D eigenvalue weighted by Crippen LogP contribution is 2.26. The molecule has 4 rings (SSSR count). The van der Waals surface area contributed by atoms with Crippen LogP contribution in [0.5, 0.6) is 5.75 Å². The lowest BCUT2D eigenvalue weighted by atomic mass is 10.3. The van der Waals surface area contributed by atoms with Gasteiger partial charge in [0.1, 0.15) is 15.8 Å². The molecule has 0 saturated heterocycles. The van der Waals surface area contributed by atoms with Crippen molar-refractivity contribution in [3.63, 3.8) is 0 Å². The molecule has 0 spiro atoms. The van der Waals surface area contributed by atoms with Crippen LogP contribution >= 0.6 is 11.3 Å². The minimum atomic E-state index is -3.60. The predicted molar refractivity (Wildman–Crippen MR) is 134 cm³/mol. The number of carbonyl (C=O) groups excluding carboxylic acids is 1. The number of hydrogen-bond acceptors (Lipinski definition) is 6. The number of nitrogens with one attached hydrogen (secondary N) is 1. The number of aryl methyl sites for hydroxylation is 1. The van der Waals surface area contributed by atoms with Crippen molar-refractivity contribution in [2.24, 2.45) is 0 Å². The molecule has 1 amide bonds. The molecular formula is C24H26N4O4S2. The number of rotatable bonds is 9. The molecule has 0 radical (unpaired) electrons. The first-order valence-electron chi connectivity index (χ1n) is 10.8.